The van der Waals surface area contributed by atoms with Crippen molar-refractivity contribution in [1.82, 2.24) is 10.6 Å². The van der Waals surface area contributed by atoms with E-state index in [-0.39, 0.29) is 30.0 Å². The van der Waals surface area contributed by atoms with E-state index >= 15 is 0 Å². The van der Waals surface area contributed by atoms with Gasteiger partial charge in [0, 0.05) is 12.6 Å². The fourth-order valence-electron chi connectivity index (χ4n) is 1.44. The van der Waals surface area contributed by atoms with Crippen molar-refractivity contribution in [2.24, 2.45) is 0 Å². The summed E-state index contributed by atoms with van der Waals surface area (Å²) < 4.78 is 22.2. The van der Waals surface area contributed by atoms with Gasteiger partial charge < -0.3 is 10.6 Å². The SMILES string of the molecule is C=CCNC(=O)CNC1CCS(=O)(=O)C1. The topological polar surface area (TPSA) is 75.3 Å². The zero-order chi connectivity index (χ0) is 11.3. The van der Waals surface area contributed by atoms with Gasteiger partial charge in [0.05, 0.1) is 18.1 Å². The summed E-state index contributed by atoms with van der Waals surface area (Å²) in [6.07, 6.45) is 2.19. The van der Waals surface area contributed by atoms with E-state index in [0.29, 0.717) is 13.0 Å². The van der Waals surface area contributed by atoms with E-state index in [4.69, 9.17) is 0 Å². The molecule has 0 spiro atoms. The Balaban J connectivity index is 2.21. The Labute approximate surface area is 89.8 Å². The van der Waals surface area contributed by atoms with Gasteiger partial charge in [0.15, 0.2) is 9.84 Å². The summed E-state index contributed by atoms with van der Waals surface area (Å²) in [4.78, 5) is 11.1. The molecule has 5 nitrogen and oxygen atoms in total. The number of carbonyl (C=O) groups is 1. The molecule has 15 heavy (non-hydrogen) atoms. The van der Waals surface area contributed by atoms with Crippen molar-refractivity contribution in [2.75, 3.05) is 24.6 Å². The third-order valence-electron chi connectivity index (χ3n) is 2.23. The minimum Gasteiger partial charge on any atom is -0.352 e. The quantitative estimate of drug-likeness (QED) is 0.600. The van der Waals surface area contributed by atoms with Crippen LogP contribution in [-0.2, 0) is 14.6 Å². The van der Waals surface area contributed by atoms with Gasteiger partial charge in [-0.15, -0.1) is 6.58 Å². The molecule has 1 atom stereocenters. The average molecular weight is 232 g/mol. The van der Waals surface area contributed by atoms with E-state index in [1.54, 1.807) is 6.08 Å². The summed E-state index contributed by atoms with van der Waals surface area (Å²) in [5, 5.41) is 5.53. The molecule has 1 heterocycles. The zero-order valence-electron chi connectivity index (χ0n) is 8.53. The van der Waals surface area contributed by atoms with Crippen molar-refractivity contribution in [3.05, 3.63) is 12.7 Å². The molecule has 0 aromatic rings. The highest BCUT2D eigenvalue weighted by Gasteiger charge is 2.27. The van der Waals surface area contributed by atoms with Crippen LogP contribution in [0.15, 0.2) is 12.7 Å². The largest absolute Gasteiger partial charge is 0.352 e. The van der Waals surface area contributed by atoms with Gasteiger partial charge in [-0.2, -0.15) is 0 Å². The lowest BCUT2D eigenvalue weighted by atomic mass is 10.2. The molecule has 1 rings (SSSR count). The normalized spacial score (nSPS) is 23.6. The van der Waals surface area contributed by atoms with Crippen LogP contribution in [-0.4, -0.2) is 45.0 Å². The molecular formula is C9H16N2O3S. The van der Waals surface area contributed by atoms with Gasteiger partial charge in [-0.05, 0) is 6.42 Å². The van der Waals surface area contributed by atoms with Crippen LogP contribution in [0.3, 0.4) is 0 Å². The molecule has 1 aliphatic heterocycles. The van der Waals surface area contributed by atoms with Crippen LogP contribution in [0.5, 0.6) is 0 Å². The van der Waals surface area contributed by atoms with Crippen molar-refractivity contribution in [1.29, 1.82) is 0 Å². The second-order valence-corrected chi connectivity index (χ2v) is 5.80. The predicted molar refractivity (Wildman–Crippen MR) is 58.3 cm³/mol. The third-order valence-corrected chi connectivity index (χ3v) is 4.00. The molecule has 1 aliphatic rings. The molecule has 1 fully saturated rings. The first-order valence-electron chi connectivity index (χ1n) is 4.85. The van der Waals surface area contributed by atoms with Crippen molar-refractivity contribution >= 4 is 15.7 Å². The molecule has 0 bridgehead atoms. The highest BCUT2D eigenvalue weighted by Crippen LogP contribution is 2.10. The molecule has 0 aliphatic carbocycles. The molecule has 1 saturated heterocycles. The third kappa shape index (κ3) is 4.44. The van der Waals surface area contributed by atoms with Gasteiger partial charge in [-0.1, -0.05) is 6.08 Å². The van der Waals surface area contributed by atoms with E-state index in [1.165, 1.54) is 0 Å². The highest BCUT2D eigenvalue weighted by molar-refractivity contribution is 7.91. The van der Waals surface area contributed by atoms with Crippen LogP contribution in [0.1, 0.15) is 6.42 Å². The molecular weight excluding hydrogens is 216 g/mol. The molecule has 0 aromatic heterocycles. The maximum atomic E-state index is 11.1. The van der Waals surface area contributed by atoms with Gasteiger partial charge in [0.25, 0.3) is 0 Å². The highest BCUT2D eigenvalue weighted by atomic mass is 32.2. The fraction of sp³-hybridized carbons (Fsp3) is 0.667. The number of sulfone groups is 1. The maximum absolute atomic E-state index is 11.1. The first-order chi connectivity index (χ1) is 7.03. The predicted octanol–water partition coefficient (Wildman–Crippen LogP) is -0.935. The maximum Gasteiger partial charge on any atom is 0.234 e. The summed E-state index contributed by atoms with van der Waals surface area (Å²) in [5.74, 6) is 0.222. The van der Waals surface area contributed by atoms with Crippen molar-refractivity contribution in [2.45, 2.75) is 12.5 Å². The first-order valence-corrected chi connectivity index (χ1v) is 6.67. The van der Waals surface area contributed by atoms with Crippen LogP contribution < -0.4 is 10.6 Å². The van der Waals surface area contributed by atoms with Crippen LogP contribution in [0, 0.1) is 0 Å². The number of amides is 1. The van der Waals surface area contributed by atoms with Crippen molar-refractivity contribution in [3.63, 3.8) is 0 Å². The first kappa shape index (κ1) is 12.2. The van der Waals surface area contributed by atoms with Crippen LogP contribution in [0.25, 0.3) is 0 Å². The number of hydrogen-bond donors (Lipinski definition) is 2. The van der Waals surface area contributed by atoms with Crippen molar-refractivity contribution < 1.29 is 13.2 Å². The standard InChI is InChI=1S/C9H16N2O3S/c1-2-4-10-9(12)6-11-8-3-5-15(13,14)7-8/h2,8,11H,1,3-7H2,(H,10,12). The Hall–Kier alpha value is -0.880. The lowest BCUT2D eigenvalue weighted by molar-refractivity contribution is -0.120. The van der Waals surface area contributed by atoms with E-state index < -0.39 is 9.84 Å². The number of carbonyl (C=O) groups excluding carboxylic acids is 1. The van der Waals surface area contributed by atoms with E-state index in [1.807, 2.05) is 0 Å². The Morgan fingerprint density at radius 1 is 1.53 bits per heavy atom. The minimum absolute atomic E-state index is 0.0792. The Morgan fingerprint density at radius 3 is 2.80 bits per heavy atom. The summed E-state index contributed by atoms with van der Waals surface area (Å²) >= 11 is 0. The molecule has 1 amide bonds. The van der Waals surface area contributed by atoms with Gasteiger partial charge in [-0.3, -0.25) is 4.79 Å². The molecule has 0 saturated carbocycles. The zero-order valence-corrected chi connectivity index (χ0v) is 9.35. The van der Waals surface area contributed by atoms with Gasteiger partial charge in [-0.25, -0.2) is 8.42 Å². The van der Waals surface area contributed by atoms with Gasteiger partial charge >= 0.3 is 0 Å². The molecule has 0 aromatic carbocycles. The second-order valence-electron chi connectivity index (χ2n) is 3.57. The minimum atomic E-state index is -2.87. The number of rotatable bonds is 5. The molecule has 86 valence electrons. The van der Waals surface area contributed by atoms with Gasteiger partial charge in [0.2, 0.25) is 5.91 Å². The Morgan fingerprint density at radius 2 is 2.27 bits per heavy atom. The second kappa shape index (κ2) is 5.27. The summed E-state index contributed by atoms with van der Waals surface area (Å²) in [6.45, 7) is 4.07. The molecule has 6 heteroatoms. The van der Waals surface area contributed by atoms with E-state index in [2.05, 4.69) is 17.2 Å². The lowest BCUT2D eigenvalue weighted by Crippen LogP contribution is -2.39. The molecule has 1 unspecified atom stereocenters. The molecule has 2 N–H and O–H groups in total. The van der Waals surface area contributed by atoms with Crippen LogP contribution in [0.4, 0.5) is 0 Å². The molecule has 0 radical (unpaired) electrons. The summed E-state index contributed by atoms with van der Waals surface area (Å²) in [6, 6.07) is -0.0792. The van der Waals surface area contributed by atoms with E-state index in [9.17, 15) is 13.2 Å². The Kier molecular flexibility index (Phi) is 4.28. The van der Waals surface area contributed by atoms with Crippen LogP contribution >= 0.6 is 0 Å². The monoisotopic (exact) mass is 232 g/mol. The average Bonchev–Trinajstić information content (AvgIpc) is 2.52. The number of hydrogen-bond acceptors (Lipinski definition) is 4. The number of nitrogens with one attached hydrogen (secondary N) is 2. The van der Waals surface area contributed by atoms with Crippen LogP contribution in [0.2, 0.25) is 0 Å². The summed E-state index contributed by atoms with van der Waals surface area (Å²) in [5.41, 5.74) is 0. The Bertz CT molecular complexity index is 337. The van der Waals surface area contributed by atoms with E-state index in [0.717, 1.165) is 0 Å². The smallest absolute Gasteiger partial charge is 0.234 e. The lowest BCUT2D eigenvalue weighted by Gasteiger charge is -2.09. The fourth-order valence-corrected chi connectivity index (χ4v) is 3.15. The summed E-state index contributed by atoms with van der Waals surface area (Å²) in [7, 11) is -2.87. The van der Waals surface area contributed by atoms with Crippen molar-refractivity contribution in [3.8, 4) is 0 Å². The van der Waals surface area contributed by atoms with Gasteiger partial charge in [0.1, 0.15) is 0 Å².